The summed E-state index contributed by atoms with van der Waals surface area (Å²) in [6.45, 7) is 0. The number of hydrogen-bond acceptors (Lipinski definition) is 3. The molecule has 0 saturated heterocycles. The van der Waals surface area contributed by atoms with E-state index in [9.17, 15) is 4.39 Å². The lowest BCUT2D eigenvalue weighted by Crippen LogP contribution is -1.99. The molecule has 0 saturated carbocycles. The first-order valence-corrected chi connectivity index (χ1v) is 3.88. The summed E-state index contributed by atoms with van der Waals surface area (Å²) in [6, 6.07) is 0. The van der Waals surface area contributed by atoms with Crippen LogP contribution in [0.5, 0.6) is 5.88 Å². The molecule has 0 aliphatic carbocycles. The summed E-state index contributed by atoms with van der Waals surface area (Å²) < 4.78 is 18.1. The van der Waals surface area contributed by atoms with E-state index in [1.807, 2.05) is 22.6 Å². The lowest BCUT2D eigenvalue weighted by Gasteiger charge is -2.03. The maximum atomic E-state index is 12.9. The van der Waals surface area contributed by atoms with Crippen molar-refractivity contribution in [3.8, 4) is 5.88 Å². The van der Waals surface area contributed by atoms with Gasteiger partial charge in [0.25, 0.3) is 5.88 Å². The summed E-state index contributed by atoms with van der Waals surface area (Å²) in [6.07, 6.45) is 1.46. The second-order valence-corrected chi connectivity index (χ2v) is 3.01. The maximum absolute atomic E-state index is 12.9. The highest BCUT2D eigenvalue weighted by atomic mass is 127. The van der Waals surface area contributed by atoms with Gasteiger partial charge in [0.05, 0.1) is 16.4 Å². The van der Waals surface area contributed by atoms with Crippen LogP contribution in [0, 0.1) is 9.39 Å². The molecule has 0 aliphatic heterocycles. The highest BCUT2D eigenvalue weighted by molar-refractivity contribution is 14.1. The normalized spacial score (nSPS) is 9.73. The topological polar surface area (TPSA) is 48.1 Å². The fourth-order valence-corrected chi connectivity index (χ4v) is 0.980. The number of ether oxygens (including phenoxy) is 1. The molecular weight excluding hydrogens is 262 g/mol. The van der Waals surface area contributed by atoms with Gasteiger partial charge in [-0.3, -0.25) is 0 Å². The Kier molecular flexibility index (Phi) is 2.48. The molecule has 0 fully saturated rings. The minimum atomic E-state index is -0.598. The summed E-state index contributed by atoms with van der Waals surface area (Å²) in [5.41, 5.74) is 5.44. The predicted octanol–water partition coefficient (Wildman–Crippen LogP) is 1.42. The van der Waals surface area contributed by atoms with E-state index in [0.29, 0.717) is 3.57 Å². The Labute approximate surface area is 76.9 Å². The van der Waals surface area contributed by atoms with Crippen LogP contribution in [0.15, 0.2) is 6.20 Å². The zero-order chi connectivity index (χ0) is 8.43. The van der Waals surface area contributed by atoms with E-state index in [4.69, 9.17) is 5.73 Å². The van der Waals surface area contributed by atoms with Crippen molar-refractivity contribution < 1.29 is 9.13 Å². The third-order valence-electron chi connectivity index (χ3n) is 1.17. The van der Waals surface area contributed by atoms with Crippen LogP contribution in [-0.4, -0.2) is 12.1 Å². The third-order valence-corrected chi connectivity index (χ3v) is 2.03. The van der Waals surface area contributed by atoms with E-state index in [1.54, 1.807) is 0 Å². The van der Waals surface area contributed by atoms with Gasteiger partial charge in [-0.15, -0.1) is 0 Å². The first-order chi connectivity index (χ1) is 5.16. The van der Waals surface area contributed by atoms with Gasteiger partial charge in [-0.25, -0.2) is 4.98 Å². The molecule has 1 aromatic rings. The molecule has 1 rings (SSSR count). The smallest absolute Gasteiger partial charge is 0.252 e. The van der Waals surface area contributed by atoms with Gasteiger partial charge in [0.15, 0.2) is 0 Å². The monoisotopic (exact) mass is 268 g/mol. The minimum absolute atomic E-state index is 0.0667. The van der Waals surface area contributed by atoms with Gasteiger partial charge < -0.3 is 10.5 Å². The molecule has 1 aromatic heterocycles. The second-order valence-electron chi connectivity index (χ2n) is 1.84. The lowest BCUT2D eigenvalue weighted by molar-refractivity contribution is 0.370. The SMILES string of the molecule is COc1ncc(I)c(N)c1F. The summed E-state index contributed by atoms with van der Waals surface area (Å²) in [5, 5.41) is 0. The van der Waals surface area contributed by atoms with Gasteiger partial charge >= 0.3 is 0 Å². The molecule has 1 heterocycles. The number of nitrogens with zero attached hydrogens (tertiary/aromatic N) is 1. The Hall–Kier alpha value is -0.590. The molecule has 0 amide bonds. The molecule has 0 bridgehead atoms. The van der Waals surface area contributed by atoms with E-state index < -0.39 is 5.82 Å². The average molecular weight is 268 g/mol. The number of halogens is 2. The molecule has 60 valence electrons. The van der Waals surface area contributed by atoms with Gasteiger partial charge in [0.1, 0.15) is 0 Å². The summed E-state index contributed by atoms with van der Waals surface area (Å²) in [5.74, 6) is -0.665. The zero-order valence-corrected chi connectivity index (χ0v) is 7.92. The number of anilines is 1. The van der Waals surface area contributed by atoms with E-state index >= 15 is 0 Å². The van der Waals surface area contributed by atoms with Crippen molar-refractivity contribution >= 4 is 28.3 Å². The molecule has 0 aromatic carbocycles. The van der Waals surface area contributed by atoms with Gasteiger partial charge in [0, 0.05) is 6.20 Å². The van der Waals surface area contributed by atoms with Crippen molar-refractivity contribution in [1.29, 1.82) is 0 Å². The first kappa shape index (κ1) is 8.51. The molecular formula is C6H6FIN2O. The predicted molar refractivity (Wildman–Crippen MR) is 47.9 cm³/mol. The molecule has 0 unspecified atom stereocenters. The molecule has 0 radical (unpaired) electrons. The molecule has 0 atom stereocenters. The molecule has 11 heavy (non-hydrogen) atoms. The van der Waals surface area contributed by atoms with Crippen LogP contribution in [0.25, 0.3) is 0 Å². The third kappa shape index (κ3) is 1.52. The Bertz CT molecular complexity index is 280. The van der Waals surface area contributed by atoms with Crippen molar-refractivity contribution in [2.24, 2.45) is 0 Å². The first-order valence-electron chi connectivity index (χ1n) is 2.80. The van der Waals surface area contributed by atoms with Gasteiger partial charge in [-0.2, -0.15) is 4.39 Å². The highest BCUT2D eigenvalue weighted by Crippen LogP contribution is 2.23. The number of nitrogens with two attached hydrogens (primary N) is 1. The van der Waals surface area contributed by atoms with Crippen LogP contribution in [0.3, 0.4) is 0 Å². The van der Waals surface area contributed by atoms with E-state index in [0.717, 1.165) is 0 Å². The molecule has 0 spiro atoms. The van der Waals surface area contributed by atoms with Crippen LogP contribution >= 0.6 is 22.6 Å². The van der Waals surface area contributed by atoms with Crippen LogP contribution < -0.4 is 10.5 Å². The highest BCUT2D eigenvalue weighted by Gasteiger charge is 2.09. The van der Waals surface area contributed by atoms with Gasteiger partial charge in [-0.05, 0) is 22.6 Å². The molecule has 5 heteroatoms. The summed E-state index contributed by atoms with van der Waals surface area (Å²) >= 11 is 1.90. The number of hydrogen-bond donors (Lipinski definition) is 1. The standard InChI is InChI=1S/C6H6FIN2O/c1-11-6-4(7)5(9)3(8)2-10-6/h2H,1H3,(H2,9,10). The van der Waals surface area contributed by atoms with Gasteiger partial charge in [-0.1, -0.05) is 0 Å². The fourth-order valence-electron chi connectivity index (χ4n) is 0.604. The van der Waals surface area contributed by atoms with Crippen LogP contribution in [0.1, 0.15) is 0 Å². The Morgan fingerprint density at radius 1 is 1.73 bits per heavy atom. The second kappa shape index (κ2) is 3.21. The number of methoxy groups -OCH3 is 1. The fraction of sp³-hybridized carbons (Fsp3) is 0.167. The van der Waals surface area contributed by atoms with Crippen molar-refractivity contribution in [2.45, 2.75) is 0 Å². The summed E-state index contributed by atoms with van der Waals surface area (Å²) in [4.78, 5) is 3.67. The molecule has 0 aliphatic rings. The molecule has 3 nitrogen and oxygen atoms in total. The van der Waals surface area contributed by atoms with Crippen LogP contribution in [-0.2, 0) is 0 Å². The average Bonchev–Trinajstić information content (AvgIpc) is 2.01. The lowest BCUT2D eigenvalue weighted by atomic mass is 10.4. The number of pyridine rings is 1. The summed E-state index contributed by atoms with van der Waals surface area (Å²) in [7, 11) is 1.34. The van der Waals surface area contributed by atoms with Gasteiger partial charge in [0.2, 0.25) is 5.82 Å². The Balaban J connectivity index is 3.25. The van der Waals surface area contributed by atoms with E-state index in [-0.39, 0.29) is 11.6 Å². The van der Waals surface area contributed by atoms with Crippen LogP contribution in [0.4, 0.5) is 10.1 Å². The molecule has 2 N–H and O–H groups in total. The Morgan fingerprint density at radius 3 is 2.91 bits per heavy atom. The van der Waals surface area contributed by atoms with Crippen molar-refractivity contribution in [3.05, 3.63) is 15.6 Å². The Morgan fingerprint density at radius 2 is 2.36 bits per heavy atom. The number of aromatic nitrogens is 1. The van der Waals surface area contributed by atoms with E-state index in [2.05, 4.69) is 9.72 Å². The van der Waals surface area contributed by atoms with Crippen LogP contribution in [0.2, 0.25) is 0 Å². The van der Waals surface area contributed by atoms with E-state index in [1.165, 1.54) is 13.3 Å². The number of rotatable bonds is 1. The quantitative estimate of drug-likeness (QED) is 0.783. The maximum Gasteiger partial charge on any atom is 0.252 e. The number of nitrogen functional groups attached to an aromatic ring is 1. The largest absolute Gasteiger partial charge is 0.479 e. The van der Waals surface area contributed by atoms with Crippen molar-refractivity contribution in [3.63, 3.8) is 0 Å². The van der Waals surface area contributed by atoms with Crippen molar-refractivity contribution in [2.75, 3.05) is 12.8 Å². The minimum Gasteiger partial charge on any atom is -0.479 e. The van der Waals surface area contributed by atoms with Crippen molar-refractivity contribution in [1.82, 2.24) is 4.98 Å². The zero-order valence-electron chi connectivity index (χ0n) is 5.77.